The van der Waals surface area contributed by atoms with Gasteiger partial charge in [-0.3, -0.25) is 0 Å². The van der Waals surface area contributed by atoms with Crippen LogP contribution in [0.3, 0.4) is 0 Å². The third kappa shape index (κ3) is 4.87. The highest BCUT2D eigenvalue weighted by atomic mass is 16.5. The highest BCUT2D eigenvalue weighted by Gasteiger charge is 2.26. The molecule has 2 N–H and O–H groups in total. The van der Waals surface area contributed by atoms with Crippen molar-refractivity contribution < 1.29 is 14.6 Å². The van der Waals surface area contributed by atoms with Crippen LogP contribution in [0.4, 0.5) is 11.8 Å². The minimum atomic E-state index is -0.194. The van der Waals surface area contributed by atoms with Crippen molar-refractivity contribution in [2.45, 2.75) is 50.7 Å². The smallest absolute Gasteiger partial charge is 0.241 e. The number of anilines is 2. The normalized spacial score (nSPS) is 22.1. The fourth-order valence-electron chi connectivity index (χ4n) is 5.01. The van der Waals surface area contributed by atoms with Crippen LogP contribution >= 0.6 is 0 Å². The Bertz CT molecular complexity index is 1090. The van der Waals surface area contributed by atoms with Crippen molar-refractivity contribution in [3.8, 4) is 11.1 Å². The first-order chi connectivity index (χ1) is 16.6. The van der Waals surface area contributed by atoms with Crippen molar-refractivity contribution >= 4 is 17.3 Å². The van der Waals surface area contributed by atoms with E-state index in [2.05, 4.69) is 33.4 Å². The molecule has 9 heteroatoms. The van der Waals surface area contributed by atoms with Crippen LogP contribution in [0.5, 0.6) is 0 Å². The van der Waals surface area contributed by atoms with Gasteiger partial charge in [0, 0.05) is 55.2 Å². The molecule has 0 aromatic carbocycles. The lowest BCUT2D eigenvalue weighted by Gasteiger charge is -2.27. The number of nitrogens with zero attached hydrogens (tertiary/aromatic N) is 5. The molecule has 2 aliphatic rings. The zero-order valence-corrected chi connectivity index (χ0v) is 20.0. The Labute approximate surface area is 200 Å². The number of nitrogens with one attached hydrogen (secondary N) is 1. The fraction of sp³-hybridized carbons (Fsp3) is 0.560. The van der Waals surface area contributed by atoms with Crippen molar-refractivity contribution in [3.05, 3.63) is 36.3 Å². The van der Waals surface area contributed by atoms with Gasteiger partial charge >= 0.3 is 0 Å². The van der Waals surface area contributed by atoms with Gasteiger partial charge in [-0.1, -0.05) is 0 Å². The van der Waals surface area contributed by atoms with E-state index in [0.717, 1.165) is 74.4 Å². The highest BCUT2D eigenvalue weighted by molar-refractivity contribution is 5.81. The predicted molar refractivity (Wildman–Crippen MR) is 131 cm³/mol. The lowest BCUT2D eigenvalue weighted by atomic mass is 9.85. The maximum absolute atomic E-state index is 10.0. The molecule has 0 spiro atoms. The molecular formula is C25H34N6O3. The van der Waals surface area contributed by atoms with E-state index in [4.69, 9.17) is 19.6 Å². The molecule has 3 aromatic rings. The Morgan fingerprint density at radius 3 is 2.65 bits per heavy atom. The van der Waals surface area contributed by atoms with Gasteiger partial charge in [0.05, 0.1) is 37.6 Å². The molecule has 5 rings (SSSR count). The van der Waals surface area contributed by atoms with E-state index < -0.39 is 0 Å². The van der Waals surface area contributed by atoms with Crippen molar-refractivity contribution in [2.24, 2.45) is 0 Å². The molecule has 1 atom stereocenters. The van der Waals surface area contributed by atoms with Crippen LogP contribution in [0, 0.1) is 0 Å². The van der Waals surface area contributed by atoms with Gasteiger partial charge in [-0.15, -0.1) is 5.10 Å². The lowest BCUT2D eigenvalue weighted by Crippen LogP contribution is -2.36. The van der Waals surface area contributed by atoms with Crippen LogP contribution in [0.25, 0.3) is 16.6 Å². The average Bonchev–Trinajstić information content (AvgIpc) is 3.24. The second-order valence-electron chi connectivity index (χ2n) is 9.37. The molecular weight excluding hydrogens is 432 g/mol. The standard InChI is InChI=1S/C25H34N6O3/c1-17(16-33-2)28-25-27-15-23-21(13-22(31(23)29-25)18-3-6-20(32)7-4-18)19-5-8-24(26-14-19)30-9-11-34-12-10-30/h5,8,13-15,17-18,20,32H,3-4,6-7,9-12,16H2,1-2H3,(H,28,29)/t17-,18-,20-/m0/s1. The summed E-state index contributed by atoms with van der Waals surface area (Å²) in [5.74, 6) is 1.91. The molecule has 182 valence electrons. The number of rotatable bonds is 7. The van der Waals surface area contributed by atoms with E-state index in [1.807, 2.05) is 23.8 Å². The summed E-state index contributed by atoms with van der Waals surface area (Å²) in [5.41, 5.74) is 4.26. The molecule has 1 saturated heterocycles. The largest absolute Gasteiger partial charge is 0.393 e. The summed E-state index contributed by atoms with van der Waals surface area (Å²) in [6.07, 6.45) is 7.19. The Balaban J connectivity index is 1.49. The summed E-state index contributed by atoms with van der Waals surface area (Å²) < 4.78 is 12.7. The summed E-state index contributed by atoms with van der Waals surface area (Å²) in [7, 11) is 1.69. The number of aliphatic hydroxyl groups excluding tert-OH is 1. The van der Waals surface area contributed by atoms with E-state index in [1.165, 1.54) is 5.69 Å². The maximum atomic E-state index is 10.0. The zero-order chi connectivity index (χ0) is 23.5. The number of pyridine rings is 1. The molecule has 0 radical (unpaired) electrons. The number of aliphatic hydroxyl groups is 1. The van der Waals surface area contributed by atoms with Gasteiger partial charge in [-0.05, 0) is 50.8 Å². The van der Waals surface area contributed by atoms with Gasteiger partial charge in [-0.2, -0.15) is 0 Å². The highest BCUT2D eigenvalue weighted by Crippen LogP contribution is 2.37. The van der Waals surface area contributed by atoms with Gasteiger partial charge in [0.25, 0.3) is 0 Å². The first-order valence-electron chi connectivity index (χ1n) is 12.2. The molecule has 1 aliphatic heterocycles. The summed E-state index contributed by atoms with van der Waals surface area (Å²) in [5, 5.41) is 18.2. The molecule has 0 amide bonds. The Kier molecular flexibility index (Phi) is 6.94. The molecule has 1 aliphatic carbocycles. The number of hydrogen-bond donors (Lipinski definition) is 2. The van der Waals surface area contributed by atoms with Gasteiger partial charge in [0.2, 0.25) is 5.95 Å². The van der Waals surface area contributed by atoms with Gasteiger partial charge < -0.3 is 24.8 Å². The predicted octanol–water partition coefficient (Wildman–Crippen LogP) is 3.09. The van der Waals surface area contributed by atoms with E-state index in [1.54, 1.807) is 7.11 Å². The van der Waals surface area contributed by atoms with E-state index in [-0.39, 0.29) is 12.1 Å². The minimum Gasteiger partial charge on any atom is -0.393 e. The van der Waals surface area contributed by atoms with Crippen LogP contribution in [0.2, 0.25) is 0 Å². The average molecular weight is 467 g/mol. The lowest BCUT2D eigenvalue weighted by molar-refractivity contribution is 0.121. The van der Waals surface area contributed by atoms with Crippen LogP contribution in [-0.2, 0) is 9.47 Å². The fourth-order valence-corrected chi connectivity index (χ4v) is 5.01. The Morgan fingerprint density at radius 1 is 1.15 bits per heavy atom. The van der Waals surface area contributed by atoms with Gasteiger partial charge in [0.15, 0.2) is 0 Å². The topological polar surface area (TPSA) is 97.0 Å². The molecule has 3 aromatic heterocycles. The van der Waals surface area contributed by atoms with E-state index >= 15 is 0 Å². The number of aromatic nitrogens is 4. The summed E-state index contributed by atoms with van der Waals surface area (Å²) in [6, 6.07) is 6.56. The zero-order valence-electron chi connectivity index (χ0n) is 20.0. The number of ether oxygens (including phenoxy) is 2. The van der Waals surface area contributed by atoms with Crippen LogP contribution in [0.15, 0.2) is 30.6 Å². The molecule has 0 unspecified atom stereocenters. The molecule has 4 heterocycles. The number of fused-ring (bicyclic) bond motifs is 1. The van der Waals surface area contributed by atoms with E-state index in [0.29, 0.717) is 18.5 Å². The molecule has 1 saturated carbocycles. The molecule has 9 nitrogen and oxygen atoms in total. The molecule has 0 bridgehead atoms. The van der Waals surface area contributed by atoms with E-state index in [9.17, 15) is 5.11 Å². The van der Waals surface area contributed by atoms with Crippen molar-refractivity contribution in [1.29, 1.82) is 0 Å². The summed E-state index contributed by atoms with van der Waals surface area (Å²) in [6.45, 7) is 5.83. The second-order valence-corrected chi connectivity index (χ2v) is 9.37. The molecule has 34 heavy (non-hydrogen) atoms. The SMILES string of the molecule is COC[C@H](C)Nc1ncc2c(-c3ccc(N4CCOCC4)nc3)cc([C@H]3CC[C@H](O)CC3)n2n1. The third-order valence-corrected chi connectivity index (χ3v) is 6.85. The maximum Gasteiger partial charge on any atom is 0.241 e. The number of morpholine rings is 1. The molecule has 2 fully saturated rings. The second kappa shape index (κ2) is 10.2. The van der Waals surface area contributed by atoms with Crippen molar-refractivity contribution in [2.75, 3.05) is 50.2 Å². The number of methoxy groups -OCH3 is 1. The van der Waals surface area contributed by atoms with Gasteiger partial charge in [0.1, 0.15) is 5.82 Å². The van der Waals surface area contributed by atoms with Gasteiger partial charge in [-0.25, -0.2) is 14.5 Å². The number of hydrogen-bond acceptors (Lipinski definition) is 8. The third-order valence-electron chi connectivity index (χ3n) is 6.85. The van der Waals surface area contributed by atoms with Crippen LogP contribution in [-0.4, -0.2) is 76.9 Å². The van der Waals surface area contributed by atoms with Crippen molar-refractivity contribution in [1.82, 2.24) is 19.6 Å². The van der Waals surface area contributed by atoms with Crippen LogP contribution in [0.1, 0.15) is 44.2 Å². The summed E-state index contributed by atoms with van der Waals surface area (Å²) in [4.78, 5) is 11.6. The monoisotopic (exact) mass is 466 g/mol. The Morgan fingerprint density at radius 2 is 1.94 bits per heavy atom. The summed E-state index contributed by atoms with van der Waals surface area (Å²) >= 11 is 0. The first-order valence-corrected chi connectivity index (χ1v) is 12.2. The Hall–Kier alpha value is -2.75. The minimum absolute atomic E-state index is 0.0997. The van der Waals surface area contributed by atoms with Crippen LogP contribution < -0.4 is 10.2 Å². The quantitative estimate of drug-likeness (QED) is 0.548. The van der Waals surface area contributed by atoms with Crippen molar-refractivity contribution in [3.63, 3.8) is 0 Å². The first kappa shape index (κ1) is 23.0.